The zero-order valence-corrected chi connectivity index (χ0v) is 10.2. The molecule has 0 saturated carbocycles. The van der Waals surface area contributed by atoms with Crippen molar-refractivity contribution in [3.05, 3.63) is 41.7 Å². The van der Waals surface area contributed by atoms with Crippen LogP contribution in [0.15, 0.2) is 34.7 Å². The lowest BCUT2D eigenvalue weighted by Gasteiger charge is -2.08. The number of halogens is 2. The Labute approximate surface area is 108 Å². The number of furan rings is 1. The highest BCUT2D eigenvalue weighted by Gasteiger charge is 2.09. The molecule has 0 saturated heterocycles. The maximum absolute atomic E-state index is 12.0. The van der Waals surface area contributed by atoms with Gasteiger partial charge in [-0.15, -0.1) is 0 Å². The summed E-state index contributed by atoms with van der Waals surface area (Å²) in [6.45, 7) is 1.18. The van der Waals surface area contributed by atoms with Crippen molar-refractivity contribution in [3.63, 3.8) is 0 Å². The van der Waals surface area contributed by atoms with Gasteiger partial charge in [0.25, 0.3) is 6.43 Å². The first-order chi connectivity index (χ1) is 9.10. The van der Waals surface area contributed by atoms with Crippen molar-refractivity contribution in [2.75, 3.05) is 6.61 Å². The molecule has 0 unspecified atom stereocenters. The molecule has 0 aliphatic rings. The van der Waals surface area contributed by atoms with Crippen LogP contribution in [0, 0.1) is 6.92 Å². The molecule has 0 aliphatic carbocycles. The van der Waals surface area contributed by atoms with Crippen LogP contribution < -0.4 is 4.74 Å². The third kappa shape index (κ3) is 3.19. The normalized spacial score (nSPS) is 10.7. The second-order valence-corrected chi connectivity index (χ2v) is 4.00. The van der Waals surface area contributed by atoms with Crippen LogP contribution in [0.2, 0.25) is 0 Å². The predicted octanol–water partition coefficient (Wildman–Crippen LogP) is 3.71. The van der Waals surface area contributed by atoms with E-state index >= 15 is 0 Å². The average molecular weight is 266 g/mol. The van der Waals surface area contributed by atoms with Gasteiger partial charge in [0, 0.05) is 5.56 Å². The number of rotatable bonds is 5. The molecule has 0 N–H and O–H groups in total. The lowest BCUT2D eigenvalue weighted by molar-refractivity contribution is 0.0819. The molecule has 2 aromatic rings. The van der Waals surface area contributed by atoms with Crippen molar-refractivity contribution in [2.24, 2.45) is 0 Å². The fraction of sp³-hybridized carbons (Fsp3) is 0.214. The fourth-order valence-corrected chi connectivity index (χ4v) is 1.72. The first kappa shape index (κ1) is 13.3. The summed E-state index contributed by atoms with van der Waals surface area (Å²) in [5.74, 6) is 1.18. The van der Waals surface area contributed by atoms with E-state index in [9.17, 15) is 13.6 Å². The van der Waals surface area contributed by atoms with Gasteiger partial charge in [-0.2, -0.15) is 0 Å². The molecule has 1 aromatic heterocycles. The average Bonchev–Trinajstić information content (AvgIpc) is 2.85. The number of aldehydes is 1. The Morgan fingerprint density at radius 3 is 2.68 bits per heavy atom. The van der Waals surface area contributed by atoms with E-state index in [1.165, 1.54) is 0 Å². The Hall–Kier alpha value is -2.17. The topological polar surface area (TPSA) is 39.4 Å². The number of hydrogen-bond acceptors (Lipinski definition) is 3. The van der Waals surface area contributed by atoms with E-state index in [1.807, 2.05) is 6.92 Å². The lowest BCUT2D eigenvalue weighted by Crippen LogP contribution is -2.06. The van der Waals surface area contributed by atoms with Gasteiger partial charge in [0.2, 0.25) is 0 Å². The summed E-state index contributed by atoms with van der Waals surface area (Å²) < 4.78 is 34.3. The van der Waals surface area contributed by atoms with E-state index in [2.05, 4.69) is 0 Å². The highest BCUT2D eigenvalue weighted by molar-refractivity contribution is 5.73. The summed E-state index contributed by atoms with van der Waals surface area (Å²) in [5.41, 5.74) is 1.61. The summed E-state index contributed by atoms with van der Waals surface area (Å²) in [5, 5.41) is 0. The maximum atomic E-state index is 12.0. The molecule has 1 heterocycles. The molecule has 3 nitrogen and oxygen atoms in total. The Balaban J connectivity index is 2.21. The van der Waals surface area contributed by atoms with Crippen LogP contribution in [0.4, 0.5) is 8.78 Å². The summed E-state index contributed by atoms with van der Waals surface area (Å²) in [6, 6.07) is 8.22. The zero-order chi connectivity index (χ0) is 13.8. The minimum absolute atomic E-state index is 0.243. The van der Waals surface area contributed by atoms with E-state index in [0.717, 1.165) is 11.1 Å². The van der Waals surface area contributed by atoms with E-state index < -0.39 is 13.0 Å². The summed E-state index contributed by atoms with van der Waals surface area (Å²) in [7, 11) is 0. The van der Waals surface area contributed by atoms with Gasteiger partial charge in [-0.25, -0.2) is 8.78 Å². The van der Waals surface area contributed by atoms with Crippen LogP contribution in [0.5, 0.6) is 5.75 Å². The van der Waals surface area contributed by atoms with Crippen LogP contribution in [0.1, 0.15) is 16.1 Å². The number of hydrogen-bond donors (Lipinski definition) is 0. The number of ether oxygens (including phenoxy) is 1. The number of alkyl halides is 2. The Morgan fingerprint density at radius 1 is 1.32 bits per heavy atom. The Bertz CT molecular complexity index is 576. The number of carbonyl (C=O) groups excluding carboxylic acids is 1. The lowest BCUT2D eigenvalue weighted by atomic mass is 10.1. The largest absolute Gasteiger partial charge is 0.488 e. The molecule has 2 rings (SSSR count). The fourth-order valence-electron chi connectivity index (χ4n) is 1.72. The molecule has 0 amide bonds. The summed E-state index contributed by atoms with van der Waals surface area (Å²) in [6.07, 6.45) is -1.88. The van der Waals surface area contributed by atoms with Crippen molar-refractivity contribution in [2.45, 2.75) is 13.3 Å². The van der Waals surface area contributed by atoms with Gasteiger partial charge in [-0.1, -0.05) is 0 Å². The molecule has 0 atom stereocenters. The second-order valence-electron chi connectivity index (χ2n) is 4.00. The number of aryl methyl sites for hydroxylation is 1. The standard InChI is InChI=1S/C14H12F2O3/c1-9-6-10(18-8-14(15)16)2-4-12(9)13-5-3-11(7-17)19-13/h2-7,14H,8H2,1H3. The first-order valence-electron chi connectivity index (χ1n) is 5.67. The van der Waals surface area contributed by atoms with Crippen LogP contribution in [0.25, 0.3) is 11.3 Å². The molecule has 0 aliphatic heterocycles. The minimum Gasteiger partial charge on any atom is -0.488 e. The molecular weight excluding hydrogens is 254 g/mol. The molecule has 0 fully saturated rings. The van der Waals surface area contributed by atoms with Crippen molar-refractivity contribution < 1.29 is 22.7 Å². The van der Waals surface area contributed by atoms with E-state index in [-0.39, 0.29) is 5.76 Å². The smallest absolute Gasteiger partial charge is 0.272 e. The summed E-state index contributed by atoms with van der Waals surface area (Å²) >= 11 is 0. The third-order valence-corrected chi connectivity index (χ3v) is 2.58. The van der Waals surface area contributed by atoms with Crippen LogP contribution in [0.3, 0.4) is 0 Å². The van der Waals surface area contributed by atoms with Gasteiger partial charge in [-0.05, 0) is 42.8 Å². The number of benzene rings is 1. The second kappa shape index (κ2) is 5.65. The first-order valence-corrected chi connectivity index (χ1v) is 5.67. The van der Waals surface area contributed by atoms with Gasteiger partial charge in [0.1, 0.15) is 18.1 Å². The van der Waals surface area contributed by atoms with E-state index in [0.29, 0.717) is 17.8 Å². The molecule has 0 radical (unpaired) electrons. The van der Waals surface area contributed by atoms with E-state index in [1.54, 1.807) is 30.3 Å². The predicted molar refractivity (Wildman–Crippen MR) is 65.8 cm³/mol. The van der Waals surface area contributed by atoms with Crippen molar-refractivity contribution in [1.29, 1.82) is 0 Å². The third-order valence-electron chi connectivity index (χ3n) is 2.58. The molecule has 100 valence electrons. The molecule has 5 heteroatoms. The Kier molecular flexibility index (Phi) is 3.94. The van der Waals surface area contributed by atoms with Crippen LogP contribution in [-0.2, 0) is 0 Å². The molecule has 0 bridgehead atoms. The van der Waals surface area contributed by atoms with Crippen molar-refractivity contribution in [1.82, 2.24) is 0 Å². The monoisotopic (exact) mass is 266 g/mol. The van der Waals surface area contributed by atoms with E-state index in [4.69, 9.17) is 9.15 Å². The SMILES string of the molecule is Cc1cc(OCC(F)F)ccc1-c1ccc(C=O)o1. The maximum Gasteiger partial charge on any atom is 0.272 e. The highest BCUT2D eigenvalue weighted by Crippen LogP contribution is 2.28. The highest BCUT2D eigenvalue weighted by atomic mass is 19.3. The summed E-state index contributed by atoms with van der Waals surface area (Å²) in [4.78, 5) is 10.6. The van der Waals surface area contributed by atoms with Crippen LogP contribution in [-0.4, -0.2) is 19.3 Å². The van der Waals surface area contributed by atoms with Crippen molar-refractivity contribution >= 4 is 6.29 Å². The molecule has 0 spiro atoms. The number of carbonyl (C=O) groups is 1. The molecular formula is C14H12F2O3. The molecule has 1 aromatic carbocycles. The quantitative estimate of drug-likeness (QED) is 0.774. The van der Waals surface area contributed by atoms with Gasteiger partial charge in [-0.3, -0.25) is 4.79 Å². The van der Waals surface area contributed by atoms with Gasteiger partial charge < -0.3 is 9.15 Å². The zero-order valence-electron chi connectivity index (χ0n) is 10.2. The van der Waals surface area contributed by atoms with Gasteiger partial charge in [0.15, 0.2) is 12.0 Å². The van der Waals surface area contributed by atoms with Gasteiger partial charge >= 0.3 is 0 Å². The van der Waals surface area contributed by atoms with Gasteiger partial charge in [0.05, 0.1) is 0 Å². The molecule has 19 heavy (non-hydrogen) atoms. The minimum atomic E-state index is -2.50. The van der Waals surface area contributed by atoms with Crippen molar-refractivity contribution in [3.8, 4) is 17.1 Å². The Morgan fingerprint density at radius 2 is 2.11 bits per heavy atom. The van der Waals surface area contributed by atoms with Crippen LogP contribution >= 0.6 is 0 Å².